The van der Waals surface area contributed by atoms with Crippen molar-refractivity contribution in [3.63, 3.8) is 0 Å². The van der Waals surface area contributed by atoms with E-state index in [0.29, 0.717) is 5.41 Å². The molecule has 1 aromatic rings. The molecule has 0 aliphatic heterocycles. The van der Waals surface area contributed by atoms with Crippen LogP contribution in [0.15, 0.2) is 24.3 Å². The summed E-state index contributed by atoms with van der Waals surface area (Å²) in [6.07, 6.45) is 5.38. The molecule has 3 heteroatoms. The quantitative estimate of drug-likeness (QED) is 0.850. The van der Waals surface area contributed by atoms with Crippen LogP contribution >= 0.6 is 11.6 Å². The Bertz CT molecular complexity index is 404. The van der Waals surface area contributed by atoms with Crippen LogP contribution in [0.5, 0.6) is 0 Å². The highest BCUT2D eigenvalue weighted by molar-refractivity contribution is 6.30. The second-order valence-electron chi connectivity index (χ2n) is 6.81. The summed E-state index contributed by atoms with van der Waals surface area (Å²) in [4.78, 5) is 2.51. The van der Waals surface area contributed by atoms with E-state index in [1.165, 1.54) is 25.7 Å². The molecule has 0 radical (unpaired) electrons. The topological polar surface area (TPSA) is 15.3 Å². The van der Waals surface area contributed by atoms with Crippen LogP contribution in [0.1, 0.15) is 39.5 Å². The van der Waals surface area contributed by atoms with E-state index in [1.807, 2.05) is 24.3 Å². The average Bonchev–Trinajstić information content (AvgIpc) is 2.41. The van der Waals surface area contributed by atoms with Crippen LogP contribution in [0.2, 0.25) is 5.02 Å². The number of benzene rings is 1. The molecule has 112 valence electrons. The summed E-state index contributed by atoms with van der Waals surface area (Å²) in [5, 5.41) is 4.25. The number of hydrogen-bond donors (Lipinski definition) is 1. The number of likely N-dealkylation sites (N-methyl/N-ethyl adjacent to an activating group) is 1. The average molecular weight is 295 g/mol. The predicted molar refractivity (Wildman–Crippen MR) is 88.6 cm³/mol. The summed E-state index contributed by atoms with van der Waals surface area (Å²) in [6.45, 7) is 6.86. The van der Waals surface area contributed by atoms with Crippen LogP contribution in [0.4, 0.5) is 5.69 Å². The number of anilines is 1. The Labute approximate surface area is 128 Å². The van der Waals surface area contributed by atoms with Crippen molar-refractivity contribution in [3.05, 3.63) is 29.3 Å². The smallest absolute Gasteiger partial charge is 0.0407 e. The van der Waals surface area contributed by atoms with Gasteiger partial charge in [-0.3, -0.25) is 0 Å². The Balaban J connectivity index is 1.70. The highest BCUT2D eigenvalue weighted by Gasteiger charge is 2.28. The van der Waals surface area contributed by atoms with Crippen molar-refractivity contribution >= 4 is 17.3 Å². The van der Waals surface area contributed by atoms with Crippen molar-refractivity contribution in [2.24, 2.45) is 5.41 Å². The lowest BCUT2D eigenvalue weighted by atomic mass is 9.75. The summed E-state index contributed by atoms with van der Waals surface area (Å²) in [5.41, 5.74) is 1.70. The van der Waals surface area contributed by atoms with E-state index >= 15 is 0 Å². The van der Waals surface area contributed by atoms with Crippen molar-refractivity contribution in [2.45, 2.75) is 45.6 Å². The molecule has 0 bridgehead atoms. The van der Waals surface area contributed by atoms with Crippen molar-refractivity contribution in [3.8, 4) is 0 Å². The lowest BCUT2D eigenvalue weighted by molar-refractivity contribution is 0.131. The normalized spacial score (nSPS) is 19.2. The highest BCUT2D eigenvalue weighted by atomic mass is 35.5. The maximum atomic E-state index is 5.88. The van der Waals surface area contributed by atoms with Gasteiger partial charge in [0.1, 0.15) is 0 Å². The Morgan fingerprint density at radius 2 is 1.80 bits per heavy atom. The molecule has 0 atom stereocenters. The van der Waals surface area contributed by atoms with Gasteiger partial charge in [0.05, 0.1) is 0 Å². The van der Waals surface area contributed by atoms with E-state index < -0.39 is 0 Å². The van der Waals surface area contributed by atoms with Gasteiger partial charge in [-0.2, -0.15) is 0 Å². The summed E-state index contributed by atoms with van der Waals surface area (Å²) in [5.74, 6) is 0. The molecule has 1 aliphatic rings. The maximum Gasteiger partial charge on any atom is 0.0407 e. The molecule has 0 unspecified atom stereocenters. The maximum absolute atomic E-state index is 5.88. The van der Waals surface area contributed by atoms with E-state index in [2.05, 4.69) is 31.1 Å². The Hall–Kier alpha value is -0.730. The molecular weight excluding hydrogens is 268 g/mol. The third-order valence-corrected chi connectivity index (χ3v) is 4.82. The lowest BCUT2D eigenvalue weighted by Crippen LogP contribution is -2.39. The molecule has 0 heterocycles. The first-order valence-electron chi connectivity index (χ1n) is 7.66. The fraction of sp³-hybridized carbons (Fsp3) is 0.647. The summed E-state index contributed by atoms with van der Waals surface area (Å²) in [7, 11) is 2.26. The fourth-order valence-electron chi connectivity index (χ4n) is 2.95. The van der Waals surface area contributed by atoms with E-state index in [1.54, 1.807) is 0 Å². The van der Waals surface area contributed by atoms with Gasteiger partial charge in [0.2, 0.25) is 0 Å². The van der Waals surface area contributed by atoms with Crippen molar-refractivity contribution in [1.29, 1.82) is 0 Å². The van der Waals surface area contributed by atoms with Gasteiger partial charge in [-0.05, 0) is 62.4 Å². The first-order chi connectivity index (χ1) is 9.46. The van der Waals surface area contributed by atoms with Gasteiger partial charge in [-0.25, -0.2) is 0 Å². The molecular formula is C17H27ClN2. The molecule has 1 fully saturated rings. The highest BCUT2D eigenvalue weighted by Crippen LogP contribution is 2.36. The first-order valence-corrected chi connectivity index (χ1v) is 8.04. The van der Waals surface area contributed by atoms with Gasteiger partial charge >= 0.3 is 0 Å². The largest absolute Gasteiger partial charge is 0.384 e. The molecule has 1 N–H and O–H groups in total. The Morgan fingerprint density at radius 3 is 2.40 bits per heavy atom. The minimum atomic E-state index is 0.554. The van der Waals surface area contributed by atoms with Crippen LogP contribution in [0.3, 0.4) is 0 Å². The zero-order valence-electron chi connectivity index (χ0n) is 13.0. The summed E-state index contributed by atoms with van der Waals surface area (Å²) >= 11 is 5.88. The van der Waals surface area contributed by atoms with Gasteiger partial charge in [0.25, 0.3) is 0 Å². The molecule has 1 aliphatic carbocycles. The van der Waals surface area contributed by atoms with Crippen LogP contribution in [0.25, 0.3) is 0 Å². The number of hydrogen-bond acceptors (Lipinski definition) is 2. The van der Waals surface area contributed by atoms with E-state index in [0.717, 1.165) is 29.8 Å². The molecule has 2 rings (SSSR count). The zero-order chi connectivity index (χ0) is 14.6. The standard InChI is InChI=1S/C17H27ClN2/c1-17(2)10-8-16(9-11-17)20(3)13-12-19-15-6-4-14(18)5-7-15/h4-7,16,19H,8-13H2,1-3H3. The number of halogens is 1. The van der Waals surface area contributed by atoms with Crippen molar-refractivity contribution in [2.75, 3.05) is 25.5 Å². The van der Waals surface area contributed by atoms with Crippen molar-refractivity contribution in [1.82, 2.24) is 4.90 Å². The SMILES string of the molecule is CN(CCNc1ccc(Cl)cc1)C1CCC(C)(C)CC1. The molecule has 0 saturated heterocycles. The van der Waals surface area contributed by atoms with E-state index in [9.17, 15) is 0 Å². The second-order valence-corrected chi connectivity index (χ2v) is 7.25. The monoisotopic (exact) mass is 294 g/mol. The van der Waals surface area contributed by atoms with Gasteiger partial charge in [-0.1, -0.05) is 25.4 Å². The molecule has 0 aromatic heterocycles. The minimum Gasteiger partial charge on any atom is -0.384 e. The molecule has 1 aromatic carbocycles. The van der Waals surface area contributed by atoms with Crippen LogP contribution in [-0.4, -0.2) is 31.1 Å². The van der Waals surface area contributed by atoms with E-state index in [-0.39, 0.29) is 0 Å². The number of rotatable bonds is 5. The summed E-state index contributed by atoms with van der Waals surface area (Å²) < 4.78 is 0. The first kappa shape index (κ1) is 15.7. The molecule has 20 heavy (non-hydrogen) atoms. The Kier molecular flexibility index (Phi) is 5.34. The summed E-state index contributed by atoms with van der Waals surface area (Å²) in [6, 6.07) is 8.68. The lowest BCUT2D eigenvalue weighted by Gasteiger charge is -2.38. The van der Waals surface area contributed by atoms with E-state index in [4.69, 9.17) is 11.6 Å². The zero-order valence-corrected chi connectivity index (χ0v) is 13.7. The third kappa shape index (κ3) is 4.68. The number of nitrogens with one attached hydrogen (secondary N) is 1. The van der Waals surface area contributed by atoms with Crippen LogP contribution < -0.4 is 5.32 Å². The van der Waals surface area contributed by atoms with Gasteiger partial charge in [0.15, 0.2) is 0 Å². The van der Waals surface area contributed by atoms with Gasteiger partial charge in [-0.15, -0.1) is 0 Å². The fourth-order valence-corrected chi connectivity index (χ4v) is 3.08. The van der Waals surface area contributed by atoms with Crippen LogP contribution in [-0.2, 0) is 0 Å². The predicted octanol–water partition coefficient (Wildman–Crippen LogP) is 4.65. The second kappa shape index (κ2) is 6.82. The third-order valence-electron chi connectivity index (χ3n) is 4.57. The molecule has 2 nitrogen and oxygen atoms in total. The van der Waals surface area contributed by atoms with Crippen LogP contribution in [0, 0.1) is 5.41 Å². The molecule has 1 saturated carbocycles. The minimum absolute atomic E-state index is 0.554. The molecule has 0 spiro atoms. The van der Waals surface area contributed by atoms with Crippen molar-refractivity contribution < 1.29 is 0 Å². The number of nitrogens with zero attached hydrogens (tertiary/aromatic N) is 1. The Morgan fingerprint density at radius 1 is 1.20 bits per heavy atom. The van der Waals surface area contributed by atoms with Gasteiger partial charge < -0.3 is 10.2 Å². The molecule has 0 amide bonds. The van der Waals surface area contributed by atoms with Gasteiger partial charge in [0, 0.05) is 29.8 Å².